The van der Waals surface area contributed by atoms with E-state index in [0.717, 1.165) is 12.8 Å². The van der Waals surface area contributed by atoms with Crippen molar-refractivity contribution in [3.63, 3.8) is 0 Å². The summed E-state index contributed by atoms with van der Waals surface area (Å²) in [6, 6.07) is 7.47. The maximum Gasteiger partial charge on any atom is 0.313 e. The number of benzene rings is 1. The fourth-order valence-electron chi connectivity index (χ4n) is 6.89. The average molecular weight is 594 g/mol. The van der Waals surface area contributed by atoms with E-state index in [1.54, 1.807) is 17.1 Å². The number of esters is 1. The van der Waals surface area contributed by atoms with Gasteiger partial charge in [0.2, 0.25) is 17.7 Å². The lowest BCUT2D eigenvalue weighted by molar-refractivity contribution is -0.160. The highest BCUT2D eigenvalue weighted by Gasteiger charge is 2.74. The Hall–Kier alpha value is -3.50. The molecule has 2 fully saturated rings. The van der Waals surface area contributed by atoms with Gasteiger partial charge in [0.15, 0.2) is 0 Å². The lowest BCUT2D eigenvalue weighted by Crippen LogP contribution is -2.59. The number of rotatable bonds is 7. The molecule has 2 N–H and O–H groups in total. The third-order valence-corrected chi connectivity index (χ3v) is 9.17. The number of cyclic esters (lactones) is 1. The minimum Gasteiger partial charge on any atom is -0.455 e. The molecule has 5 bridgehead atoms. The molecular formula is C33H43N3O7. The van der Waals surface area contributed by atoms with Crippen molar-refractivity contribution in [2.75, 3.05) is 26.2 Å². The molecule has 2 saturated heterocycles. The van der Waals surface area contributed by atoms with Gasteiger partial charge in [-0.15, -0.1) is 0 Å². The van der Waals surface area contributed by atoms with Gasteiger partial charge in [0.05, 0.1) is 31.2 Å². The topological polar surface area (TPSA) is 125 Å². The SMILES string of the molecule is CCCCN1C/C=C\CCC(=O)NC[C@H](c2ccccc2)OC(=O)[C@@H]2[C@H]3C(=O)N([C@@H](CO)C(C)C)[C@H](C1=O)[C@]31C=C[C@H]2O1. The standard InChI is InChI=1S/C33H43N3O7/c1-4-5-17-35-18-11-7-10-14-26(38)34-19-25(22-12-8-6-9-13-22)42-32(41)27-24-15-16-33(43-24)28(27)30(39)36(29(33)31(35)40)23(20-37)21(2)3/h6-9,11-13,15-16,21,23-25,27-29,37H,4-5,10,14,17-20H2,1-3H3,(H,34,38)/b11-7-/t23-,24+,25+,27-,28-,29+,33-/m0/s1. The lowest BCUT2D eigenvalue weighted by Gasteiger charge is -2.40. The molecule has 1 spiro atoms. The summed E-state index contributed by atoms with van der Waals surface area (Å²) >= 11 is 0. The lowest BCUT2D eigenvalue weighted by atomic mass is 9.74. The Morgan fingerprint density at radius 3 is 2.56 bits per heavy atom. The number of amides is 3. The Kier molecular flexibility index (Phi) is 9.36. The van der Waals surface area contributed by atoms with E-state index in [0.29, 0.717) is 25.1 Å². The van der Waals surface area contributed by atoms with Crippen molar-refractivity contribution in [1.29, 1.82) is 0 Å². The summed E-state index contributed by atoms with van der Waals surface area (Å²) in [5, 5.41) is 13.3. The van der Waals surface area contributed by atoms with Gasteiger partial charge in [-0.2, -0.15) is 0 Å². The summed E-state index contributed by atoms with van der Waals surface area (Å²) in [4.78, 5) is 58.8. The zero-order valence-electron chi connectivity index (χ0n) is 25.2. The summed E-state index contributed by atoms with van der Waals surface area (Å²) in [5.74, 6) is -3.59. The van der Waals surface area contributed by atoms with Crippen LogP contribution in [0, 0.1) is 17.8 Å². The van der Waals surface area contributed by atoms with Crippen LogP contribution in [0.1, 0.15) is 58.1 Å². The Morgan fingerprint density at radius 2 is 1.86 bits per heavy atom. The normalized spacial score (nSPS) is 32.6. The van der Waals surface area contributed by atoms with Crippen molar-refractivity contribution in [2.24, 2.45) is 17.8 Å². The van der Waals surface area contributed by atoms with E-state index in [1.807, 2.05) is 63.3 Å². The Balaban J connectivity index is 1.58. The van der Waals surface area contributed by atoms with Gasteiger partial charge < -0.3 is 29.7 Å². The molecule has 3 amide bonds. The van der Waals surface area contributed by atoms with Gasteiger partial charge in [-0.3, -0.25) is 19.2 Å². The van der Waals surface area contributed by atoms with Crippen LogP contribution in [0.25, 0.3) is 0 Å². The van der Waals surface area contributed by atoms with E-state index in [4.69, 9.17) is 9.47 Å². The van der Waals surface area contributed by atoms with E-state index in [2.05, 4.69) is 5.32 Å². The molecule has 10 nitrogen and oxygen atoms in total. The van der Waals surface area contributed by atoms with Crippen molar-refractivity contribution < 1.29 is 33.8 Å². The molecule has 4 aliphatic heterocycles. The summed E-state index contributed by atoms with van der Waals surface area (Å²) < 4.78 is 12.6. The van der Waals surface area contributed by atoms with Crippen LogP contribution >= 0.6 is 0 Å². The number of aliphatic hydroxyl groups is 1. The van der Waals surface area contributed by atoms with Gasteiger partial charge >= 0.3 is 5.97 Å². The number of ether oxygens (including phenoxy) is 2. The van der Waals surface area contributed by atoms with Crippen LogP contribution in [0.5, 0.6) is 0 Å². The largest absolute Gasteiger partial charge is 0.455 e. The third kappa shape index (κ3) is 5.74. The molecule has 1 aromatic carbocycles. The van der Waals surface area contributed by atoms with Gasteiger partial charge in [-0.1, -0.05) is 81.8 Å². The Labute approximate surface area is 253 Å². The smallest absolute Gasteiger partial charge is 0.313 e. The highest BCUT2D eigenvalue weighted by Crippen LogP contribution is 2.56. The van der Waals surface area contributed by atoms with Crippen LogP contribution in [0.2, 0.25) is 0 Å². The fraction of sp³-hybridized carbons (Fsp3) is 0.576. The first-order valence-electron chi connectivity index (χ1n) is 15.5. The minimum absolute atomic E-state index is 0.0775. The number of hydrogen-bond donors (Lipinski definition) is 2. The minimum atomic E-state index is -1.36. The van der Waals surface area contributed by atoms with E-state index < -0.39 is 53.6 Å². The van der Waals surface area contributed by atoms with Crippen molar-refractivity contribution in [2.45, 2.75) is 76.3 Å². The zero-order valence-corrected chi connectivity index (χ0v) is 25.2. The maximum atomic E-state index is 14.5. The molecule has 43 heavy (non-hydrogen) atoms. The molecule has 7 atom stereocenters. The third-order valence-electron chi connectivity index (χ3n) is 9.17. The van der Waals surface area contributed by atoms with Crippen molar-refractivity contribution in [3.05, 3.63) is 60.2 Å². The van der Waals surface area contributed by atoms with Gasteiger partial charge in [-0.25, -0.2) is 0 Å². The van der Waals surface area contributed by atoms with E-state index in [9.17, 15) is 24.3 Å². The summed E-state index contributed by atoms with van der Waals surface area (Å²) in [6.45, 7) is 6.37. The van der Waals surface area contributed by atoms with E-state index >= 15 is 0 Å². The second-order valence-corrected chi connectivity index (χ2v) is 12.2. The number of nitrogens with zero attached hydrogens (tertiary/aromatic N) is 2. The maximum absolute atomic E-state index is 14.5. The molecule has 232 valence electrons. The number of likely N-dealkylation sites (tertiary alicyclic amines) is 1. The molecule has 1 aromatic rings. The molecule has 4 heterocycles. The van der Waals surface area contributed by atoms with E-state index in [1.165, 1.54) is 4.90 Å². The highest BCUT2D eigenvalue weighted by atomic mass is 16.6. The first-order chi connectivity index (χ1) is 20.7. The van der Waals surface area contributed by atoms with Crippen LogP contribution in [-0.4, -0.2) is 88.6 Å². The molecule has 0 saturated carbocycles. The second-order valence-electron chi connectivity index (χ2n) is 12.2. The summed E-state index contributed by atoms with van der Waals surface area (Å²) in [6.07, 6.45) is 8.15. The van der Waals surface area contributed by atoms with Crippen LogP contribution in [0.15, 0.2) is 54.6 Å². The highest BCUT2D eigenvalue weighted by molar-refractivity contribution is 5.99. The van der Waals surface area contributed by atoms with Gasteiger partial charge in [-0.05, 0) is 24.3 Å². The molecule has 0 aliphatic carbocycles. The Morgan fingerprint density at radius 1 is 1.09 bits per heavy atom. The van der Waals surface area contributed by atoms with Crippen LogP contribution in [0.3, 0.4) is 0 Å². The predicted octanol–water partition coefficient (Wildman–Crippen LogP) is 2.53. The van der Waals surface area contributed by atoms with Gasteiger partial charge in [0.1, 0.15) is 23.7 Å². The summed E-state index contributed by atoms with van der Waals surface area (Å²) in [7, 11) is 0. The number of nitrogens with one attached hydrogen (secondary N) is 1. The number of allylic oxidation sites excluding steroid dienone is 1. The van der Waals surface area contributed by atoms with Gasteiger partial charge in [0.25, 0.3) is 0 Å². The molecule has 5 rings (SSSR count). The molecule has 0 radical (unpaired) electrons. The van der Waals surface area contributed by atoms with Crippen molar-refractivity contribution >= 4 is 23.7 Å². The van der Waals surface area contributed by atoms with Crippen LogP contribution in [-0.2, 0) is 28.7 Å². The molecule has 4 aliphatic rings. The molecule has 0 aromatic heterocycles. The van der Waals surface area contributed by atoms with Crippen LogP contribution < -0.4 is 5.32 Å². The first-order valence-corrected chi connectivity index (χ1v) is 15.5. The van der Waals surface area contributed by atoms with E-state index in [-0.39, 0.29) is 37.3 Å². The number of carbonyl (C=O) groups is 4. The zero-order chi connectivity index (χ0) is 30.7. The fourth-order valence-corrected chi connectivity index (χ4v) is 6.89. The number of unbranched alkanes of at least 4 members (excludes halogenated alkanes) is 1. The molecule has 0 unspecified atom stereocenters. The number of aliphatic hydroxyl groups excluding tert-OH is 1. The number of fused-ring (bicyclic) bond motifs is 2. The molecular weight excluding hydrogens is 550 g/mol. The summed E-state index contributed by atoms with van der Waals surface area (Å²) in [5.41, 5.74) is -0.647. The van der Waals surface area contributed by atoms with Crippen LogP contribution in [0.4, 0.5) is 0 Å². The van der Waals surface area contributed by atoms with Gasteiger partial charge in [0, 0.05) is 19.5 Å². The first kappa shape index (κ1) is 30.9. The Bertz CT molecular complexity index is 1260. The molecule has 10 heteroatoms. The van der Waals surface area contributed by atoms with Crippen molar-refractivity contribution in [1.82, 2.24) is 15.1 Å². The quantitative estimate of drug-likeness (QED) is 0.368. The number of hydrogen-bond acceptors (Lipinski definition) is 7. The predicted molar refractivity (Wildman–Crippen MR) is 158 cm³/mol. The van der Waals surface area contributed by atoms with Crippen molar-refractivity contribution in [3.8, 4) is 0 Å². The number of carbonyl (C=O) groups excluding carboxylic acids is 4. The monoisotopic (exact) mass is 593 g/mol. The second kappa shape index (κ2) is 13.0. The average Bonchev–Trinajstić information content (AvgIpc) is 3.64.